The molecule has 1 saturated heterocycles. The molecule has 0 aliphatic carbocycles. The summed E-state index contributed by atoms with van der Waals surface area (Å²) in [6.45, 7) is 4.56. The SMILES string of the molecule is CC(C)(CNC(=O)C1CSCCN1)NS(C)(=O)=O. The number of amides is 1. The summed E-state index contributed by atoms with van der Waals surface area (Å²) in [6.07, 6.45) is 1.11. The van der Waals surface area contributed by atoms with Crippen molar-refractivity contribution in [3.05, 3.63) is 0 Å². The summed E-state index contributed by atoms with van der Waals surface area (Å²) >= 11 is 1.74. The molecule has 106 valence electrons. The summed E-state index contributed by atoms with van der Waals surface area (Å²) < 4.78 is 24.8. The van der Waals surface area contributed by atoms with Gasteiger partial charge in [0, 0.05) is 30.1 Å². The molecule has 3 N–H and O–H groups in total. The van der Waals surface area contributed by atoms with Crippen molar-refractivity contribution >= 4 is 27.7 Å². The van der Waals surface area contributed by atoms with Crippen LogP contribution in [-0.4, -0.2) is 56.8 Å². The number of rotatable bonds is 5. The van der Waals surface area contributed by atoms with Crippen molar-refractivity contribution in [2.24, 2.45) is 0 Å². The van der Waals surface area contributed by atoms with E-state index in [0.29, 0.717) is 0 Å². The van der Waals surface area contributed by atoms with E-state index >= 15 is 0 Å². The van der Waals surface area contributed by atoms with Gasteiger partial charge in [0.25, 0.3) is 0 Å². The maximum Gasteiger partial charge on any atom is 0.238 e. The normalized spacial score (nSPS) is 21.6. The van der Waals surface area contributed by atoms with E-state index in [4.69, 9.17) is 0 Å². The van der Waals surface area contributed by atoms with Gasteiger partial charge >= 0.3 is 0 Å². The molecule has 1 rings (SSSR count). The Morgan fingerprint density at radius 3 is 2.67 bits per heavy atom. The van der Waals surface area contributed by atoms with Crippen molar-refractivity contribution in [2.75, 3.05) is 30.9 Å². The predicted octanol–water partition coefficient (Wildman–Crippen LogP) is -0.865. The molecule has 1 atom stereocenters. The minimum absolute atomic E-state index is 0.0782. The van der Waals surface area contributed by atoms with E-state index in [0.717, 1.165) is 24.3 Å². The van der Waals surface area contributed by atoms with Gasteiger partial charge in [0.05, 0.1) is 12.3 Å². The van der Waals surface area contributed by atoms with Crippen molar-refractivity contribution < 1.29 is 13.2 Å². The molecule has 8 heteroatoms. The second-order valence-corrected chi connectivity index (χ2v) is 7.96. The van der Waals surface area contributed by atoms with Gasteiger partial charge in [-0.25, -0.2) is 13.1 Å². The van der Waals surface area contributed by atoms with E-state index in [1.54, 1.807) is 25.6 Å². The summed E-state index contributed by atoms with van der Waals surface area (Å²) in [5.74, 6) is 1.70. The highest BCUT2D eigenvalue weighted by atomic mass is 32.2. The largest absolute Gasteiger partial charge is 0.353 e. The molecule has 1 fully saturated rings. The Labute approximate surface area is 113 Å². The van der Waals surface area contributed by atoms with E-state index in [1.807, 2.05) is 0 Å². The number of hydrogen-bond donors (Lipinski definition) is 3. The number of nitrogens with one attached hydrogen (secondary N) is 3. The predicted molar refractivity (Wildman–Crippen MR) is 74.2 cm³/mol. The van der Waals surface area contributed by atoms with Crippen molar-refractivity contribution in [3.63, 3.8) is 0 Å². The fourth-order valence-electron chi connectivity index (χ4n) is 1.70. The third-order valence-electron chi connectivity index (χ3n) is 2.40. The average molecular weight is 295 g/mol. The summed E-state index contributed by atoms with van der Waals surface area (Å²) in [5.41, 5.74) is -0.689. The summed E-state index contributed by atoms with van der Waals surface area (Å²) in [4.78, 5) is 11.8. The van der Waals surface area contributed by atoms with Gasteiger partial charge < -0.3 is 10.6 Å². The van der Waals surface area contributed by atoms with Crippen molar-refractivity contribution in [1.29, 1.82) is 0 Å². The van der Waals surface area contributed by atoms with Crippen molar-refractivity contribution in [1.82, 2.24) is 15.4 Å². The molecule has 1 unspecified atom stereocenters. The Bertz CT molecular complexity index is 389. The van der Waals surface area contributed by atoms with Crippen LogP contribution in [0.2, 0.25) is 0 Å². The lowest BCUT2D eigenvalue weighted by Crippen LogP contribution is -2.55. The molecule has 1 heterocycles. The van der Waals surface area contributed by atoms with Crippen LogP contribution in [0.4, 0.5) is 0 Å². The van der Waals surface area contributed by atoms with Crippen LogP contribution in [0.25, 0.3) is 0 Å². The highest BCUT2D eigenvalue weighted by molar-refractivity contribution is 7.99. The van der Waals surface area contributed by atoms with E-state index in [1.165, 1.54) is 0 Å². The Kier molecular flexibility index (Phi) is 5.45. The van der Waals surface area contributed by atoms with Gasteiger partial charge in [0.1, 0.15) is 0 Å². The average Bonchev–Trinajstić information content (AvgIpc) is 2.24. The molecule has 18 heavy (non-hydrogen) atoms. The first-order valence-electron chi connectivity index (χ1n) is 5.77. The van der Waals surface area contributed by atoms with Crippen LogP contribution in [0.1, 0.15) is 13.8 Å². The Morgan fingerprint density at radius 1 is 1.50 bits per heavy atom. The van der Waals surface area contributed by atoms with Crippen LogP contribution >= 0.6 is 11.8 Å². The molecular weight excluding hydrogens is 274 g/mol. The first kappa shape index (κ1) is 15.7. The Hall–Kier alpha value is -0.310. The van der Waals surface area contributed by atoms with E-state index in [2.05, 4.69) is 15.4 Å². The lowest BCUT2D eigenvalue weighted by Gasteiger charge is -2.28. The molecular formula is C10H21N3O3S2. The molecule has 0 bridgehead atoms. The fraction of sp³-hybridized carbons (Fsp3) is 0.900. The van der Waals surface area contributed by atoms with E-state index in [9.17, 15) is 13.2 Å². The lowest BCUT2D eigenvalue weighted by molar-refractivity contribution is -0.122. The van der Waals surface area contributed by atoms with Crippen LogP contribution < -0.4 is 15.4 Å². The zero-order valence-electron chi connectivity index (χ0n) is 10.9. The third kappa shape index (κ3) is 6.03. The standard InChI is InChI=1S/C10H21N3O3S2/c1-10(2,13-18(3,15)16)7-12-9(14)8-6-17-5-4-11-8/h8,11,13H,4-7H2,1-3H3,(H,12,14). The minimum Gasteiger partial charge on any atom is -0.353 e. The highest BCUT2D eigenvalue weighted by Crippen LogP contribution is 2.08. The van der Waals surface area contributed by atoms with Crippen LogP contribution in [0.3, 0.4) is 0 Å². The third-order valence-corrected chi connectivity index (χ3v) is 4.39. The maximum atomic E-state index is 11.8. The van der Waals surface area contributed by atoms with Crippen molar-refractivity contribution in [3.8, 4) is 0 Å². The first-order chi connectivity index (χ1) is 8.20. The smallest absolute Gasteiger partial charge is 0.238 e. The maximum absolute atomic E-state index is 11.8. The number of carbonyl (C=O) groups excluding carboxylic acids is 1. The van der Waals surface area contributed by atoms with Gasteiger partial charge in [0.15, 0.2) is 0 Å². The minimum atomic E-state index is -3.28. The second-order valence-electron chi connectivity index (χ2n) is 5.06. The molecule has 1 amide bonds. The number of thioether (sulfide) groups is 1. The number of carbonyl (C=O) groups is 1. The van der Waals surface area contributed by atoms with Crippen molar-refractivity contribution in [2.45, 2.75) is 25.4 Å². The molecule has 6 nitrogen and oxygen atoms in total. The van der Waals surface area contributed by atoms with Crippen LogP contribution in [0, 0.1) is 0 Å². The van der Waals surface area contributed by atoms with Crippen LogP contribution in [-0.2, 0) is 14.8 Å². The van der Waals surface area contributed by atoms with E-state index in [-0.39, 0.29) is 18.5 Å². The summed E-state index contributed by atoms with van der Waals surface area (Å²) in [5, 5.41) is 5.91. The Balaban J connectivity index is 2.41. The first-order valence-corrected chi connectivity index (χ1v) is 8.82. The monoisotopic (exact) mass is 295 g/mol. The molecule has 0 aromatic heterocycles. The van der Waals surface area contributed by atoms with Gasteiger partial charge in [0.2, 0.25) is 15.9 Å². The molecule has 0 aromatic carbocycles. The molecule has 0 saturated carbocycles. The van der Waals surface area contributed by atoms with Gasteiger partial charge in [-0.2, -0.15) is 11.8 Å². The quantitative estimate of drug-likeness (QED) is 0.614. The summed E-state index contributed by atoms with van der Waals surface area (Å²) in [7, 11) is -3.28. The topological polar surface area (TPSA) is 87.3 Å². The fourth-order valence-corrected chi connectivity index (χ4v) is 3.71. The van der Waals surface area contributed by atoms with Gasteiger partial charge in [-0.3, -0.25) is 4.79 Å². The zero-order valence-corrected chi connectivity index (χ0v) is 12.6. The second kappa shape index (κ2) is 6.23. The lowest BCUT2D eigenvalue weighted by atomic mass is 10.1. The number of hydrogen-bond acceptors (Lipinski definition) is 5. The molecule has 1 aliphatic heterocycles. The van der Waals surface area contributed by atoms with Gasteiger partial charge in [-0.05, 0) is 13.8 Å². The molecule has 0 radical (unpaired) electrons. The molecule has 0 spiro atoms. The zero-order chi connectivity index (χ0) is 13.8. The molecule has 0 aromatic rings. The molecule has 1 aliphatic rings. The van der Waals surface area contributed by atoms with Crippen LogP contribution in [0.15, 0.2) is 0 Å². The Morgan fingerprint density at radius 2 is 2.17 bits per heavy atom. The summed E-state index contributed by atoms with van der Waals surface area (Å²) in [6, 6.07) is -0.183. The highest BCUT2D eigenvalue weighted by Gasteiger charge is 2.26. The van der Waals surface area contributed by atoms with Gasteiger partial charge in [-0.15, -0.1) is 0 Å². The van der Waals surface area contributed by atoms with Gasteiger partial charge in [-0.1, -0.05) is 0 Å². The van der Waals surface area contributed by atoms with Crippen LogP contribution in [0.5, 0.6) is 0 Å². The van der Waals surface area contributed by atoms with E-state index < -0.39 is 15.6 Å². The number of sulfonamides is 1.